The van der Waals surface area contributed by atoms with Crippen molar-refractivity contribution in [3.63, 3.8) is 0 Å². The van der Waals surface area contributed by atoms with E-state index in [1.54, 1.807) is 24.3 Å². The van der Waals surface area contributed by atoms with Crippen molar-refractivity contribution in [3.05, 3.63) is 52.7 Å². The van der Waals surface area contributed by atoms with Crippen LogP contribution in [0.4, 0.5) is 11.5 Å². The van der Waals surface area contributed by atoms with Crippen LogP contribution in [0.2, 0.25) is 0 Å². The number of para-hydroxylation sites is 2. The number of hydrogen-bond acceptors (Lipinski definition) is 8. The number of nitro groups is 1. The van der Waals surface area contributed by atoms with Gasteiger partial charge in [0.2, 0.25) is 0 Å². The molecule has 1 N–H and O–H groups in total. The molecule has 0 aliphatic heterocycles. The molecule has 2 aromatic rings. The van der Waals surface area contributed by atoms with Gasteiger partial charge >= 0.3 is 5.97 Å². The molecule has 1 heterocycles. The average Bonchev–Trinajstić information content (AvgIpc) is 2.66. The van der Waals surface area contributed by atoms with Crippen LogP contribution in [0.25, 0.3) is 0 Å². The molecule has 1 aromatic heterocycles. The Morgan fingerprint density at radius 3 is 2.65 bits per heavy atom. The molecule has 0 spiro atoms. The number of esters is 1. The van der Waals surface area contributed by atoms with Crippen LogP contribution in [0, 0.1) is 10.1 Å². The molecule has 0 fully saturated rings. The summed E-state index contributed by atoms with van der Waals surface area (Å²) in [4.78, 5) is 25.6. The molecule has 0 aliphatic carbocycles. The van der Waals surface area contributed by atoms with Crippen molar-refractivity contribution >= 4 is 17.5 Å². The number of aromatic nitrogens is 1. The summed E-state index contributed by atoms with van der Waals surface area (Å²) in [5, 5.41) is 13.5. The van der Waals surface area contributed by atoms with Crippen molar-refractivity contribution in [1.82, 2.24) is 4.98 Å². The number of nitrogens with one attached hydrogen (secondary N) is 1. The topological polar surface area (TPSA) is 113 Å². The van der Waals surface area contributed by atoms with Crippen molar-refractivity contribution in [2.75, 3.05) is 32.2 Å². The lowest BCUT2D eigenvalue weighted by molar-refractivity contribution is -0.385. The second-order valence-corrected chi connectivity index (χ2v) is 5.10. The maximum absolute atomic E-state index is 11.7. The highest BCUT2D eigenvalue weighted by atomic mass is 16.6. The van der Waals surface area contributed by atoms with E-state index in [4.69, 9.17) is 14.2 Å². The SMILES string of the molecule is COc1ccccc1OCC(=O)OCCCNc1ccc([N+](=O)[O-])cn1. The van der Waals surface area contributed by atoms with Gasteiger partial charge < -0.3 is 19.5 Å². The predicted octanol–water partition coefficient (Wildman–Crippen LogP) is 2.42. The van der Waals surface area contributed by atoms with Crippen molar-refractivity contribution in [3.8, 4) is 11.5 Å². The number of benzene rings is 1. The third-order valence-corrected chi connectivity index (χ3v) is 3.26. The van der Waals surface area contributed by atoms with Crippen LogP contribution in [-0.2, 0) is 9.53 Å². The van der Waals surface area contributed by atoms with E-state index >= 15 is 0 Å². The highest BCUT2D eigenvalue weighted by molar-refractivity contribution is 5.71. The summed E-state index contributed by atoms with van der Waals surface area (Å²) < 4.78 is 15.6. The maximum atomic E-state index is 11.7. The molecular formula is C17H19N3O6. The molecular weight excluding hydrogens is 342 g/mol. The normalized spacial score (nSPS) is 10.0. The summed E-state index contributed by atoms with van der Waals surface area (Å²) >= 11 is 0. The zero-order valence-corrected chi connectivity index (χ0v) is 14.2. The summed E-state index contributed by atoms with van der Waals surface area (Å²) in [5.74, 6) is 1.05. The number of anilines is 1. The minimum Gasteiger partial charge on any atom is -0.493 e. The quantitative estimate of drug-likeness (QED) is 0.297. The molecule has 0 amide bonds. The first-order chi connectivity index (χ1) is 12.6. The van der Waals surface area contributed by atoms with Crippen molar-refractivity contribution in [2.24, 2.45) is 0 Å². The number of nitrogens with zero attached hydrogens (tertiary/aromatic N) is 2. The van der Waals surface area contributed by atoms with Crippen molar-refractivity contribution in [2.45, 2.75) is 6.42 Å². The van der Waals surface area contributed by atoms with Crippen molar-refractivity contribution < 1.29 is 23.9 Å². The monoisotopic (exact) mass is 361 g/mol. The number of rotatable bonds is 10. The standard InChI is InChI=1S/C17H19N3O6/c1-24-14-5-2-3-6-15(14)26-12-17(21)25-10-4-9-18-16-8-7-13(11-19-16)20(22)23/h2-3,5-8,11H,4,9-10,12H2,1H3,(H,18,19). The zero-order valence-electron chi connectivity index (χ0n) is 14.2. The van der Waals surface area contributed by atoms with E-state index in [-0.39, 0.29) is 18.9 Å². The predicted molar refractivity (Wildman–Crippen MR) is 93.4 cm³/mol. The van der Waals surface area contributed by atoms with Crippen LogP contribution < -0.4 is 14.8 Å². The smallest absolute Gasteiger partial charge is 0.344 e. The van der Waals surface area contributed by atoms with Gasteiger partial charge in [-0.25, -0.2) is 9.78 Å². The molecule has 0 atom stereocenters. The minimum atomic E-state index is -0.511. The molecule has 26 heavy (non-hydrogen) atoms. The van der Waals surface area contributed by atoms with Crippen LogP contribution in [0.1, 0.15) is 6.42 Å². The van der Waals surface area contributed by atoms with Crippen LogP contribution in [0.15, 0.2) is 42.6 Å². The number of hydrogen-bond donors (Lipinski definition) is 1. The molecule has 0 bridgehead atoms. The molecule has 138 valence electrons. The molecule has 0 saturated carbocycles. The summed E-state index contributed by atoms with van der Waals surface area (Å²) in [5.41, 5.74) is -0.0699. The number of carbonyl (C=O) groups excluding carboxylic acids is 1. The third-order valence-electron chi connectivity index (χ3n) is 3.26. The number of methoxy groups -OCH3 is 1. The maximum Gasteiger partial charge on any atom is 0.344 e. The summed E-state index contributed by atoms with van der Waals surface area (Å²) in [6.07, 6.45) is 1.73. The molecule has 0 aliphatic rings. The molecule has 1 aromatic carbocycles. The molecule has 0 unspecified atom stereocenters. The summed E-state index contributed by atoms with van der Waals surface area (Å²) in [6.45, 7) is 0.511. The number of pyridine rings is 1. The van der Waals surface area contributed by atoms with E-state index in [1.165, 1.54) is 25.4 Å². The van der Waals surface area contributed by atoms with E-state index in [0.29, 0.717) is 30.3 Å². The van der Waals surface area contributed by atoms with Gasteiger partial charge in [0.25, 0.3) is 5.69 Å². The van der Waals surface area contributed by atoms with Crippen LogP contribution >= 0.6 is 0 Å². The Balaban J connectivity index is 1.62. The fraction of sp³-hybridized carbons (Fsp3) is 0.294. The van der Waals surface area contributed by atoms with Gasteiger partial charge in [0.15, 0.2) is 18.1 Å². The minimum absolute atomic E-state index is 0.0699. The fourth-order valence-electron chi connectivity index (χ4n) is 1.99. The molecule has 9 heteroatoms. The average molecular weight is 361 g/mol. The Labute approximate surface area is 150 Å². The van der Waals surface area contributed by atoms with E-state index < -0.39 is 10.9 Å². The largest absolute Gasteiger partial charge is 0.493 e. The number of carbonyl (C=O) groups is 1. The Bertz CT molecular complexity index is 736. The first-order valence-corrected chi connectivity index (χ1v) is 7.86. The second kappa shape index (κ2) is 9.82. The lowest BCUT2D eigenvalue weighted by Crippen LogP contribution is -2.17. The van der Waals surface area contributed by atoms with Crippen LogP contribution in [-0.4, -0.2) is 42.7 Å². The first-order valence-electron chi connectivity index (χ1n) is 7.86. The van der Waals surface area contributed by atoms with E-state index in [0.717, 1.165) is 0 Å². The van der Waals surface area contributed by atoms with Gasteiger partial charge in [-0.05, 0) is 24.6 Å². The number of ether oxygens (including phenoxy) is 3. The second-order valence-electron chi connectivity index (χ2n) is 5.10. The molecule has 9 nitrogen and oxygen atoms in total. The summed E-state index contributed by atoms with van der Waals surface area (Å²) in [7, 11) is 1.52. The fourth-order valence-corrected chi connectivity index (χ4v) is 1.99. The van der Waals surface area contributed by atoms with Crippen molar-refractivity contribution in [1.29, 1.82) is 0 Å². The van der Waals surface area contributed by atoms with Gasteiger partial charge in [-0.1, -0.05) is 12.1 Å². The zero-order chi connectivity index (χ0) is 18.8. The highest BCUT2D eigenvalue weighted by Crippen LogP contribution is 2.25. The van der Waals surface area contributed by atoms with Gasteiger partial charge in [0.1, 0.15) is 12.0 Å². The van der Waals surface area contributed by atoms with Gasteiger partial charge in [-0.15, -0.1) is 0 Å². The molecule has 0 saturated heterocycles. The van der Waals surface area contributed by atoms with Gasteiger partial charge in [-0.3, -0.25) is 10.1 Å². The van der Waals surface area contributed by atoms with E-state index in [2.05, 4.69) is 10.3 Å². The molecule has 2 rings (SSSR count). The van der Waals surface area contributed by atoms with Gasteiger partial charge in [0, 0.05) is 12.6 Å². The van der Waals surface area contributed by atoms with Crippen LogP contribution in [0.3, 0.4) is 0 Å². The highest BCUT2D eigenvalue weighted by Gasteiger charge is 2.08. The Kier molecular flexibility index (Phi) is 7.17. The van der Waals surface area contributed by atoms with Gasteiger partial charge in [0.05, 0.1) is 18.6 Å². The lowest BCUT2D eigenvalue weighted by atomic mass is 10.3. The third kappa shape index (κ3) is 5.93. The van der Waals surface area contributed by atoms with E-state index in [1.807, 2.05) is 0 Å². The summed E-state index contributed by atoms with van der Waals surface area (Å²) in [6, 6.07) is 9.90. The first kappa shape index (κ1) is 19.0. The molecule has 0 radical (unpaired) electrons. The van der Waals surface area contributed by atoms with Gasteiger partial charge in [-0.2, -0.15) is 0 Å². The Morgan fingerprint density at radius 1 is 1.23 bits per heavy atom. The Hall–Kier alpha value is -3.36. The van der Waals surface area contributed by atoms with E-state index in [9.17, 15) is 14.9 Å². The Morgan fingerprint density at radius 2 is 2.00 bits per heavy atom. The van der Waals surface area contributed by atoms with Crippen LogP contribution in [0.5, 0.6) is 11.5 Å². The lowest BCUT2D eigenvalue weighted by Gasteiger charge is -2.10.